The van der Waals surface area contributed by atoms with Gasteiger partial charge in [0.25, 0.3) is 0 Å². The van der Waals surface area contributed by atoms with Gasteiger partial charge in [-0.2, -0.15) is 13.2 Å². The molecule has 0 heterocycles. The molecule has 0 radical (unpaired) electrons. The predicted molar refractivity (Wildman–Crippen MR) is 59.8 cm³/mol. The second kappa shape index (κ2) is 4.55. The average molecular weight is 282 g/mol. The molecule has 102 valence electrons. The van der Waals surface area contributed by atoms with Crippen molar-refractivity contribution in [2.24, 2.45) is 0 Å². The lowest BCUT2D eigenvalue weighted by Crippen LogP contribution is -2.39. The zero-order valence-electron chi connectivity index (χ0n) is 9.82. The molecule has 0 fully saturated rings. The number of alkyl halides is 3. The first-order valence-corrected chi connectivity index (χ1v) is 6.80. The van der Waals surface area contributed by atoms with E-state index in [2.05, 4.69) is 0 Å². The van der Waals surface area contributed by atoms with Gasteiger partial charge in [-0.15, -0.1) is 0 Å². The van der Waals surface area contributed by atoms with Crippen LogP contribution in [0.1, 0.15) is 19.4 Å². The molecule has 7 heteroatoms. The Labute approximate surface area is 103 Å². The molecule has 1 rings (SSSR count). The summed E-state index contributed by atoms with van der Waals surface area (Å²) in [6.45, 7) is 1.98. The largest absolute Gasteiger partial charge is 0.421 e. The van der Waals surface area contributed by atoms with E-state index in [1.165, 1.54) is 19.1 Å². The quantitative estimate of drug-likeness (QED) is 0.925. The maximum atomic E-state index is 12.6. The van der Waals surface area contributed by atoms with Crippen molar-refractivity contribution in [1.82, 2.24) is 0 Å². The summed E-state index contributed by atoms with van der Waals surface area (Å²) in [5.41, 5.74) is -3.57. The summed E-state index contributed by atoms with van der Waals surface area (Å²) in [5.74, 6) is -0.218. The van der Waals surface area contributed by atoms with Gasteiger partial charge in [-0.1, -0.05) is 19.1 Å². The molecule has 1 aromatic rings. The molecule has 3 nitrogen and oxygen atoms in total. The highest BCUT2D eigenvalue weighted by Gasteiger charge is 2.51. The topological polar surface area (TPSA) is 54.4 Å². The van der Waals surface area contributed by atoms with Crippen LogP contribution in [0.3, 0.4) is 0 Å². The van der Waals surface area contributed by atoms with E-state index in [4.69, 9.17) is 0 Å². The number of hydrogen-bond acceptors (Lipinski definition) is 3. The maximum Gasteiger partial charge on any atom is 0.421 e. The van der Waals surface area contributed by atoms with Crippen LogP contribution in [-0.2, 0) is 15.4 Å². The van der Waals surface area contributed by atoms with Crippen molar-refractivity contribution < 1.29 is 26.7 Å². The lowest BCUT2D eigenvalue weighted by atomic mass is 9.96. The van der Waals surface area contributed by atoms with Gasteiger partial charge in [0.15, 0.2) is 15.4 Å². The lowest BCUT2D eigenvalue weighted by Gasteiger charge is -2.26. The van der Waals surface area contributed by atoms with Crippen LogP contribution in [0.15, 0.2) is 29.2 Å². The van der Waals surface area contributed by atoms with Gasteiger partial charge in [0.2, 0.25) is 0 Å². The second-order valence-electron chi connectivity index (χ2n) is 4.00. The Morgan fingerprint density at radius 3 is 2.28 bits per heavy atom. The highest BCUT2D eigenvalue weighted by atomic mass is 32.2. The molecule has 0 aliphatic rings. The first-order chi connectivity index (χ1) is 8.02. The third-order valence-corrected chi connectivity index (χ3v) is 4.42. The summed E-state index contributed by atoms with van der Waals surface area (Å²) >= 11 is 0. The monoisotopic (exact) mass is 282 g/mol. The smallest absolute Gasteiger partial charge is 0.376 e. The summed E-state index contributed by atoms with van der Waals surface area (Å²) in [6.07, 6.45) is -4.87. The fourth-order valence-corrected chi connectivity index (χ4v) is 2.25. The number of aliphatic hydroxyl groups is 1. The number of hydrogen-bond donors (Lipinski definition) is 1. The van der Waals surface area contributed by atoms with Gasteiger partial charge in [-0.25, -0.2) is 8.42 Å². The SMILES string of the molecule is CCS(=O)(=O)c1cccc(C(C)(O)C(F)(F)F)c1. The molecule has 1 aromatic carbocycles. The zero-order chi connectivity index (χ0) is 14.2. The molecule has 1 N–H and O–H groups in total. The van der Waals surface area contributed by atoms with Gasteiger partial charge in [-0.3, -0.25) is 0 Å². The molecule has 0 aromatic heterocycles. The van der Waals surface area contributed by atoms with Gasteiger partial charge >= 0.3 is 6.18 Å². The number of benzene rings is 1. The summed E-state index contributed by atoms with van der Waals surface area (Å²) in [6, 6.07) is 4.28. The van der Waals surface area contributed by atoms with Crippen LogP contribution in [0.25, 0.3) is 0 Å². The van der Waals surface area contributed by atoms with Crippen LogP contribution in [0.5, 0.6) is 0 Å². The second-order valence-corrected chi connectivity index (χ2v) is 6.28. The third kappa shape index (κ3) is 2.67. The van der Waals surface area contributed by atoms with Crippen molar-refractivity contribution in [3.05, 3.63) is 29.8 Å². The maximum absolute atomic E-state index is 12.6. The van der Waals surface area contributed by atoms with Crippen molar-refractivity contribution in [3.63, 3.8) is 0 Å². The fourth-order valence-electron chi connectivity index (χ4n) is 1.32. The highest BCUT2D eigenvalue weighted by molar-refractivity contribution is 7.91. The van der Waals surface area contributed by atoms with Gasteiger partial charge in [-0.05, 0) is 24.6 Å². The summed E-state index contributed by atoms with van der Waals surface area (Å²) in [5, 5.41) is 9.47. The fraction of sp³-hybridized carbons (Fsp3) is 0.455. The molecule has 0 spiro atoms. The van der Waals surface area contributed by atoms with E-state index in [0.717, 1.165) is 12.1 Å². The molecule has 0 amide bonds. The predicted octanol–water partition coefficient (Wildman–Crippen LogP) is 2.25. The average Bonchev–Trinajstić information content (AvgIpc) is 2.27. The van der Waals surface area contributed by atoms with Crippen molar-refractivity contribution in [2.75, 3.05) is 5.75 Å². The Bertz CT molecular complexity index is 533. The van der Waals surface area contributed by atoms with Crippen molar-refractivity contribution in [2.45, 2.75) is 30.5 Å². The molecule has 1 unspecified atom stereocenters. The third-order valence-electron chi connectivity index (χ3n) is 2.69. The van der Waals surface area contributed by atoms with Crippen LogP contribution in [0.2, 0.25) is 0 Å². The van der Waals surface area contributed by atoms with Gasteiger partial charge in [0, 0.05) is 0 Å². The zero-order valence-corrected chi connectivity index (χ0v) is 10.6. The van der Waals surface area contributed by atoms with Crippen molar-refractivity contribution >= 4 is 9.84 Å². The van der Waals surface area contributed by atoms with Gasteiger partial charge < -0.3 is 5.11 Å². The number of rotatable bonds is 3. The van der Waals surface area contributed by atoms with Crippen molar-refractivity contribution in [3.8, 4) is 0 Å². The van der Waals surface area contributed by atoms with E-state index in [1.807, 2.05) is 0 Å². The summed E-state index contributed by atoms with van der Waals surface area (Å²) in [4.78, 5) is -0.230. The summed E-state index contributed by atoms with van der Waals surface area (Å²) in [7, 11) is -3.60. The molecule has 0 aliphatic heterocycles. The van der Waals surface area contributed by atoms with Crippen LogP contribution >= 0.6 is 0 Å². The molecule has 0 saturated carbocycles. The van der Waals surface area contributed by atoms with Crippen molar-refractivity contribution in [1.29, 1.82) is 0 Å². The Morgan fingerprint density at radius 2 is 1.83 bits per heavy atom. The Balaban J connectivity index is 3.35. The molecular weight excluding hydrogens is 269 g/mol. The van der Waals surface area contributed by atoms with Crippen LogP contribution in [0, 0.1) is 0 Å². The van der Waals surface area contributed by atoms with Crippen LogP contribution in [-0.4, -0.2) is 25.5 Å². The molecular formula is C11H13F3O3S. The minimum absolute atomic E-state index is 0.218. The number of halogens is 3. The van der Waals surface area contributed by atoms with E-state index in [0.29, 0.717) is 6.92 Å². The van der Waals surface area contributed by atoms with E-state index >= 15 is 0 Å². The summed E-state index contributed by atoms with van der Waals surface area (Å²) < 4.78 is 61.0. The molecule has 0 bridgehead atoms. The van der Waals surface area contributed by atoms with Gasteiger partial charge in [0.05, 0.1) is 10.6 Å². The first-order valence-electron chi connectivity index (χ1n) is 5.15. The molecule has 0 saturated heterocycles. The lowest BCUT2D eigenvalue weighted by molar-refractivity contribution is -0.258. The highest BCUT2D eigenvalue weighted by Crippen LogP contribution is 2.38. The van der Waals surface area contributed by atoms with E-state index < -0.39 is 27.2 Å². The number of sulfone groups is 1. The minimum Gasteiger partial charge on any atom is -0.376 e. The Hall–Kier alpha value is -1.08. The standard InChI is InChI=1S/C11H13F3O3S/c1-3-18(16,17)9-6-4-5-8(7-9)10(2,15)11(12,13)14/h4-7,15H,3H2,1-2H3. The molecule has 18 heavy (non-hydrogen) atoms. The Kier molecular flexibility index (Phi) is 3.78. The van der Waals surface area contributed by atoms with Crippen LogP contribution < -0.4 is 0 Å². The van der Waals surface area contributed by atoms with E-state index in [9.17, 15) is 26.7 Å². The van der Waals surface area contributed by atoms with Crippen LogP contribution in [0.4, 0.5) is 13.2 Å². The van der Waals surface area contributed by atoms with Gasteiger partial charge in [0.1, 0.15) is 0 Å². The van der Waals surface area contributed by atoms with E-state index in [-0.39, 0.29) is 10.6 Å². The minimum atomic E-state index is -4.87. The Morgan fingerprint density at radius 1 is 1.28 bits per heavy atom. The normalized spacial score (nSPS) is 16.3. The first kappa shape index (κ1) is 15.0. The molecule has 1 atom stereocenters. The molecule has 0 aliphatic carbocycles. The van der Waals surface area contributed by atoms with E-state index in [1.54, 1.807) is 0 Å².